The van der Waals surface area contributed by atoms with Gasteiger partial charge in [0.2, 0.25) is 11.8 Å². The number of hydrogen-bond acceptors (Lipinski definition) is 3. The number of carbonyl (C=O) groups is 2. The molecular formula is C14H25N3O2. The summed E-state index contributed by atoms with van der Waals surface area (Å²) >= 11 is 0. The molecule has 5 nitrogen and oxygen atoms in total. The number of carbonyl (C=O) groups excluding carboxylic acids is 2. The first kappa shape index (κ1) is 14.3. The van der Waals surface area contributed by atoms with Gasteiger partial charge in [0.15, 0.2) is 0 Å². The van der Waals surface area contributed by atoms with Crippen LogP contribution >= 0.6 is 0 Å². The lowest BCUT2D eigenvalue weighted by molar-refractivity contribution is -0.157. The molecule has 0 aliphatic carbocycles. The van der Waals surface area contributed by atoms with Crippen molar-refractivity contribution in [2.75, 3.05) is 20.1 Å². The third kappa shape index (κ3) is 2.48. The summed E-state index contributed by atoms with van der Waals surface area (Å²) in [4.78, 5) is 28.9. The van der Waals surface area contributed by atoms with Gasteiger partial charge in [-0.1, -0.05) is 6.92 Å². The number of nitrogens with zero attached hydrogens (tertiary/aromatic N) is 2. The number of hydrogen-bond donors (Lipinski definition) is 1. The molecule has 2 unspecified atom stereocenters. The van der Waals surface area contributed by atoms with Gasteiger partial charge in [0.1, 0.15) is 11.6 Å². The lowest BCUT2D eigenvalue weighted by atomic mass is 9.89. The fourth-order valence-corrected chi connectivity index (χ4v) is 3.01. The molecular weight excluding hydrogens is 242 g/mol. The van der Waals surface area contributed by atoms with Crippen molar-refractivity contribution in [2.24, 2.45) is 0 Å². The van der Waals surface area contributed by atoms with Gasteiger partial charge in [-0.2, -0.15) is 0 Å². The van der Waals surface area contributed by atoms with Crippen LogP contribution in [0.25, 0.3) is 0 Å². The Hall–Kier alpha value is -1.10. The van der Waals surface area contributed by atoms with Crippen molar-refractivity contribution in [1.82, 2.24) is 15.1 Å². The first-order chi connectivity index (χ1) is 8.89. The molecule has 2 heterocycles. The minimum absolute atomic E-state index is 0.0251. The highest BCUT2D eigenvalue weighted by Crippen LogP contribution is 2.27. The van der Waals surface area contributed by atoms with E-state index in [1.807, 2.05) is 25.7 Å². The second-order valence-electron chi connectivity index (χ2n) is 6.10. The van der Waals surface area contributed by atoms with E-state index < -0.39 is 5.54 Å². The first-order valence-electron chi connectivity index (χ1n) is 7.22. The van der Waals surface area contributed by atoms with E-state index in [0.717, 1.165) is 25.9 Å². The minimum Gasteiger partial charge on any atom is -0.340 e. The van der Waals surface area contributed by atoms with Crippen LogP contribution in [0.4, 0.5) is 0 Å². The summed E-state index contributed by atoms with van der Waals surface area (Å²) in [5.41, 5.74) is -0.729. The predicted octanol–water partition coefficient (Wildman–Crippen LogP) is 0.596. The minimum atomic E-state index is -0.729. The maximum atomic E-state index is 12.7. The van der Waals surface area contributed by atoms with Crippen LogP contribution in [-0.4, -0.2) is 59.4 Å². The third-order valence-corrected chi connectivity index (χ3v) is 4.69. The van der Waals surface area contributed by atoms with E-state index in [1.165, 1.54) is 0 Å². The average Bonchev–Trinajstić information content (AvgIpc) is 2.39. The van der Waals surface area contributed by atoms with E-state index in [4.69, 9.17) is 0 Å². The second-order valence-corrected chi connectivity index (χ2v) is 6.10. The number of nitrogens with one attached hydrogen (secondary N) is 1. The Labute approximate surface area is 115 Å². The Kier molecular flexibility index (Phi) is 3.85. The zero-order valence-corrected chi connectivity index (χ0v) is 12.4. The maximum Gasteiger partial charge on any atom is 0.248 e. The molecule has 0 aromatic rings. The van der Waals surface area contributed by atoms with Gasteiger partial charge in [-0.15, -0.1) is 0 Å². The molecule has 2 aliphatic heterocycles. The topological polar surface area (TPSA) is 52.7 Å². The summed E-state index contributed by atoms with van der Waals surface area (Å²) in [6.45, 7) is 7.60. The fraction of sp³-hybridized carbons (Fsp3) is 0.857. The molecule has 2 rings (SSSR count). The summed E-state index contributed by atoms with van der Waals surface area (Å²) in [6, 6.07) is -0.142. The molecule has 0 bridgehead atoms. The monoisotopic (exact) mass is 267 g/mol. The molecule has 0 aromatic carbocycles. The van der Waals surface area contributed by atoms with E-state index in [1.54, 1.807) is 0 Å². The highest BCUT2D eigenvalue weighted by molar-refractivity contribution is 5.99. The van der Waals surface area contributed by atoms with Crippen molar-refractivity contribution >= 4 is 11.8 Å². The van der Waals surface area contributed by atoms with Crippen LogP contribution in [0.1, 0.15) is 40.0 Å². The predicted molar refractivity (Wildman–Crippen MR) is 73.7 cm³/mol. The van der Waals surface area contributed by atoms with Gasteiger partial charge in [0.05, 0.1) is 0 Å². The molecule has 5 heteroatoms. The molecule has 2 amide bonds. The zero-order chi connectivity index (χ0) is 14.2. The largest absolute Gasteiger partial charge is 0.340 e. The maximum absolute atomic E-state index is 12.7. The highest BCUT2D eigenvalue weighted by atomic mass is 16.2. The second kappa shape index (κ2) is 5.12. The Morgan fingerprint density at radius 3 is 2.42 bits per heavy atom. The van der Waals surface area contributed by atoms with E-state index in [-0.39, 0.29) is 23.9 Å². The van der Waals surface area contributed by atoms with Gasteiger partial charge in [0, 0.05) is 6.04 Å². The van der Waals surface area contributed by atoms with Crippen LogP contribution in [0, 0.1) is 0 Å². The van der Waals surface area contributed by atoms with Crippen LogP contribution in [0.15, 0.2) is 0 Å². The van der Waals surface area contributed by atoms with Gasteiger partial charge in [-0.3, -0.25) is 9.59 Å². The lowest BCUT2D eigenvalue weighted by Crippen LogP contribution is -2.70. The summed E-state index contributed by atoms with van der Waals surface area (Å²) in [7, 11) is 2.10. The molecule has 2 fully saturated rings. The van der Waals surface area contributed by atoms with Gasteiger partial charge >= 0.3 is 0 Å². The molecule has 2 atom stereocenters. The van der Waals surface area contributed by atoms with Crippen molar-refractivity contribution in [3.05, 3.63) is 0 Å². The SMILES string of the molecule is CCC1(C)NC(=O)C(C)N(C2CCN(C)CC2)C1=O. The van der Waals surface area contributed by atoms with Crippen molar-refractivity contribution in [3.8, 4) is 0 Å². The summed E-state index contributed by atoms with van der Waals surface area (Å²) < 4.78 is 0. The normalized spacial score (nSPS) is 34.5. The molecule has 0 radical (unpaired) electrons. The molecule has 2 aliphatic rings. The molecule has 2 saturated heterocycles. The van der Waals surface area contributed by atoms with Crippen LogP contribution in [0.2, 0.25) is 0 Å². The summed E-state index contributed by atoms with van der Waals surface area (Å²) in [6.07, 6.45) is 2.55. The van der Waals surface area contributed by atoms with E-state index >= 15 is 0 Å². The Balaban J connectivity index is 2.21. The van der Waals surface area contributed by atoms with E-state index in [2.05, 4.69) is 17.3 Å². The van der Waals surface area contributed by atoms with Crippen molar-refractivity contribution < 1.29 is 9.59 Å². The van der Waals surface area contributed by atoms with Gasteiger partial charge in [0.25, 0.3) is 0 Å². The molecule has 0 aromatic heterocycles. The van der Waals surface area contributed by atoms with Gasteiger partial charge < -0.3 is 15.1 Å². The van der Waals surface area contributed by atoms with Crippen LogP contribution in [0.3, 0.4) is 0 Å². The number of likely N-dealkylation sites (tertiary alicyclic amines) is 1. The summed E-state index contributed by atoms with van der Waals surface area (Å²) in [5.74, 6) is 0.0551. The molecule has 0 saturated carbocycles. The molecule has 1 N–H and O–H groups in total. The average molecular weight is 267 g/mol. The Bertz CT molecular complexity index is 377. The van der Waals surface area contributed by atoms with Crippen LogP contribution in [-0.2, 0) is 9.59 Å². The van der Waals surface area contributed by atoms with Crippen molar-refractivity contribution in [3.63, 3.8) is 0 Å². The smallest absolute Gasteiger partial charge is 0.248 e. The molecule has 0 spiro atoms. The van der Waals surface area contributed by atoms with Gasteiger partial charge in [-0.05, 0) is 53.2 Å². The number of rotatable bonds is 2. The standard InChI is InChI=1S/C14H25N3O2/c1-5-14(3)13(19)17(10(2)12(18)15-14)11-6-8-16(4)9-7-11/h10-11H,5-9H2,1-4H3,(H,15,18). The van der Waals surface area contributed by atoms with Crippen molar-refractivity contribution in [2.45, 2.75) is 57.7 Å². The number of piperidine rings is 1. The lowest BCUT2D eigenvalue weighted by Gasteiger charge is -2.48. The highest BCUT2D eigenvalue weighted by Gasteiger charge is 2.47. The Morgan fingerprint density at radius 2 is 1.89 bits per heavy atom. The summed E-state index contributed by atoms with van der Waals surface area (Å²) in [5, 5.41) is 2.88. The van der Waals surface area contributed by atoms with Crippen molar-refractivity contribution in [1.29, 1.82) is 0 Å². The first-order valence-corrected chi connectivity index (χ1v) is 7.22. The quantitative estimate of drug-likeness (QED) is 0.797. The fourth-order valence-electron chi connectivity index (χ4n) is 3.01. The van der Waals surface area contributed by atoms with Gasteiger partial charge in [-0.25, -0.2) is 0 Å². The van der Waals surface area contributed by atoms with Crippen LogP contribution < -0.4 is 5.32 Å². The third-order valence-electron chi connectivity index (χ3n) is 4.69. The molecule has 19 heavy (non-hydrogen) atoms. The zero-order valence-electron chi connectivity index (χ0n) is 12.4. The number of piperazine rings is 1. The Morgan fingerprint density at radius 1 is 1.32 bits per heavy atom. The van der Waals surface area contributed by atoms with Crippen LogP contribution in [0.5, 0.6) is 0 Å². The molecule has 108 valence electrons. The van der Waals surface area contributed by atoms with E-state index in [0.29, 0.717) is 6.42 Å². The number of amides is 2. The van der Waals surface area contributed by atoms with E-state index in [9.17, 15) is 9.59 Å².